The van der Waals surface area contributed by atoms with E-state index in [9.17, 15) is 18.0 Å². The molecule has 3 N–H and O–H groups in total. The molecule has 1 aliphatic rings. The third kappa shape index (κ3) is 7.11. The summed E-state index contributed by atoms with van der Waals surface area (Å²) in [6.07, 6.45) is 0.420. The molecule has 0 saturated carbocycles. The van der Waals surface area contributed by atoms with Crippen molar-refractivity contribution in [2.75, 3.05) is 24.5 Å². The van der Waals surface area contributed by atoms with Gasteiger partial charge in [0.2, 0.25) is 5.91 Å². The molecule has 5 nitrogen and oxygen atoms in total. The summed E-state index contributed by atoms with van der Waals surface area (Å²) in [5.74, 6) is -0.210. The number of nitrogens with two attached hydrogens (primary N) is 1. The highest BCUT2D eigenvalue weighted by atomic mass is 19.4. The van der Waals surface area contributed by atoms with E-state index < -0.39 is 6.36 Å². The predicted octanol–water partition coefficient (Wildman–Crippen LogP) is 3.19. The van der Waals surface area contributed by atoms with Crippen molar-refractivity contribution in [3.63, 3.8) is 0 Å². The first-order chi connectivity index (χ1) is 12.4. The molecular formula is C18H26F3N3O2. The molecule has 0 spiro atoms. The van der Waals surface area contributed by atoms with E-state index in [0.717, 1.165) is 32.1 Å². The maximum atomic E-state index is 12.3. The predicted molar refractivity (Wildman–Crippen MR) is 94.0 cm³/mol. The third-order valence-corrected chi connectivity index (χ3v) is 4.33. The van der Waals surface area contributed by atoms with Crippen molar-refractivity contribution >= 4 is 11.6 Å². The lowest BCUT2D eigenvalue weighted by Crippen LogP contribution is -2.37. The summed E-state index contributed by atoms with van der Waals surface area (Å²) in [4.78, 5) is 13.9. The van der Waals surface area contributed by atoms with Gasteiger partial charge in [0.05, 0.1) is 0 Å². The van der Waals surface area contributed by atoms with Crippen LogP contribution in [0, 0.1) is 0 Å². The molecule has 1 atom stereocenters. The van der Waals surface area contributed by atoms with E-state index in [-0.39, 0.29) is 17.7 Å². The van der Waals surface area contributed by atoms with Gasteiger partial charge >= 0.3 is 6.36 Å². The minimum Gasteiger partial charge on any atom is -0.406 e. The first-order valence-electron chi connectivity index (χ1n) is 8.97. The zero-order chi connectivity index (χ0) is 19.0. The lowest BCUT2D eigenvalue weighted by atomic mass is 10.1. The molecule has 1 saturated heterocycles. The normalized spacial score (nSPS) is 17.4. The van der Waals surface area contributed by atoms with Crippen LogP contribution >= 0.6 is 0 Å². The number of alkyl halides is 3. The summed E-state index contributed by atoms with van der Waals surface area (Å²) in [6, 6.07) is 5.93. The number of anilines is 1. The summed E-state index contributed by atoms with van der Waals surface area (Å²) in [5.41, 5.74) is 6.09. The number of amides is 1. The second-order valence-electron chi connectivity index (χ2n) is 6.50. The Morgan fingerprint density at radius 1 is 1.27 bits per heavy atom. The van der Waals surface area contributed by atoms with E-state index in [1.165, 1.54) is 18.2 Å². The number of rotatable bonds is 9. The number of nitrogens with one attached hydrogen (secondary N) is 1. The van der Waals surface area contributed by atoms with E-state index in [0.29, 0.717) is 31.7 Å². The lowest BCUT2D eigenvalue weighted by Gasteiger charge is -2.20. The van der Waals surface area contributed by atoms with Crippen molar-refractivity contribution in [3.05, 3.63) is 24.3 Å². The molecular weight excluding hydrogens is 347 g/mol. The SMILES string of the molecule is NCCCCCCC(=O)NC1CCN(c2cccc(OC(F)(F)F)c2)C1. The van der Waals surface area contributed by atoms with E-state index in [1.54, 1.807) is 6.07 Å². The van der Waals surface area contributed by atoms with Gasteiger partial charge in [-0.15, -0.1) is 13.2 Å². The topological polar surface area (TPSA) is 67.6 Å². The molecule has 0 aliphatic carbocycles. The Balaban J connectivity index is 1.77. The smallest absolute Gasteiger partial charge is 0.406 e. The van der Waals surface area contributed by atoms with E-state index in [2.05, 4.69) is 10.1 Å². The van der Waals surface area contributed by atoms with E-state index in [1.807, 2.05) is 4.90 Å². The molecule has 26 heavy (non-hydrogen) atoms. The molecule has 1 amide bonds. The number of hydrogen-bond acceptors (Lipinski definition) is 4. The van der Waals surface area contributed by atoms with Gasteiger partial charge in [0.15, 0.2) is 0 Å². The summed E-state index contributed by atoms with van der Waals surface area (Å²) in [7, 11) is 0. The summed E-state index contributed by atoms with van der Waals surface area (Å²) in [6.45, 7) is 1.94. The van der Waals surface area contributed by atoms with Crippen LogP contribution in [0.2, 0.25) is 0 Å². The number of ether oxygens (including phenoxy) is 1. The average Bonchev–Trinajstić information content (AvgIpc) is 3.02. The fraction of sp³-hybridized carbons (Fsp3) is 0.611. The van der Waals surface area contributed by atoms with E-state index in [4.69, 9.17) is 5.73 Å². The van der Waals surface area contributed by atoms with Gasteiger partial charge in [-0.3, -0.25) is 4.79 Å². The Kier molecular flexibility index (Phi) is 7.56. The highest BCUT2D eigenvalue weighted by molar-refractivity contribution is 5.76. The zero-order valence-electron chi connectivity index (χ0n) is 14.7. The average molecular weight is 373 g/mol. The van der Waals surface area contributed by atoms with Crippen LogP contribution in [-0.2, 0) is 4.79 Å². The van der Waals surface area contributed by atoms with Crippen LogP contribution in [0.4, 0.5) is 18.9 Å². The van der Waals surface area contributed by atoms with Crippen LogP contribution in [0.25, 0.3) is 0 Å². The number of halogens is 3. The maximum absolute atomic E-state index is 12.3. The van der Waals surface area contributed by atoms with Gasteiger partial charge in [-0.2, -0.15) is 0 Å². The van der Waals surface area contributed by atoms with Gasteiger partial charge in [-0.05, 0) is 37.9 Å². The molecule has 1 aromatic carbocycles. The molecule has 1 heterocycles. The molecule has 146 valence electrons. The summed E-state index contributed by atoms with van der Waals surface area (Å²) in [5, 5.41) is 3.01. The minimum absolute atomic E-state index is 0.0127. The maximum Gasteiger partial charge on any atom is 0.573 e. The second kappa shape index (κ2) is 9.66. The van der Waals surface area contributed by atoms with Crippen LogP contribution in [0.3, 0.4) is 0 Å². The number of nitrogens with zero attached hydrogens (tertiary/aromatic N) is 1. The number of carbonyl (C=O) groups excluding carboxylic acids is 1. The first kappa shape index (κ1) is 20.4. The number of hydrogen-bond donors (Lipinski definition) is 2. The van der Waals surface area contributed by atoms with Crippen molar-refractivity contribution in [3.8, 4) is 5.75 Å². The number of carbonyl (C=O) groups is 1. The molecule has 0 bridgehead atoms. The van der Waals surface area contributed by atoms with Gasteiger partial charge < -0.3 is 20.7 Å². The summed E-state index contributed by atoms with van der Waals surface area (Å²) >= 11 is 0. The molecule has 2 rings (SSSR count). The Morgan fingerprint density at radius 2 is 2.04 bits per heavy atom. The van der Waals surface area contributed by atoms with Gasteiger partial charge in [0, 0.05) is 37.3 Å². The Bertz CT molecular complexity index is 581. The van der Waals surface area contributed by atoms with Crippen LogP contribution < -0.4 is 20.7 Å². The quantitative estimate of drug-likeness (QED) is 0.653. The Hall–Kier alpha value is -1.96. The third-order valence-electron chi connectivity index (χ3n) is 4.33. The van der Waals surface area contributed by atoms with E-state index >= 15 is 0 Å². The number of unbranched alkanes of at least 4 members (excludes halogenated alkanes) is 3. The van der Waals surface area contributed by atoms with Gasteiger partial charge in [0.1, 0.15) is 5.75 Å². The van der Waals surface area contributed by atoms with Crippen molar-refractivity contribution < 1.29 is 22.7 Å². The van der Waals surface area contributed by atoms with Crippen LogP contribution in [0.5, 0.6) is 5.75 Å². The Morgan fingerprint density at radius 3 is 2.77 bits per heavy atom. The summed E-state index contributed by atoms with van der Waals surface area (Å²) < 4.78 is 41.0. The standard InChI is InChI=1S/C18H26F3N3O2/c19-18(20,21)26-16-7-5-6-15(12-16)24-11-9-14(13-24)23-17(25)8-3-1-2-4-10-22/h5-7,12,14H,1-4,8-11,13,22H2,(H,23,25). The molecule has 1 aliphatic heterocycles. The molecule has 0 radical (unpaired) electrons. The van der Waals surface area contributed by atoms with Crippen LogP contribution in [0.15, 0.2) is 24.3 Å². The van der Waals surface area contributed by atoms with Crippen LogP contribution in [0.1, 0.15) is 38.5 Å². The molecule has 8 heteroatoms. The lowest BCUT2D eigenvalue weighted by molar-refractivity contribution is -0.274. The van der Waals surface area contributed by atoms with Crippen molar-refractivity contribution in [2.24, 2.45) is 5.73 Å². The van der Waals surface area contributed by atoms with Crippen molar-refractivity contribution in [2.45, 2.75) is 50.9 Å². The monoisotopic (exact) mass is 373 g/mol. The molecule has 1 unspecified atom stereocenters. The van der Waals surface area contributed by atoms with Crippen molar-refractivity contribution in [1.29, 1.82) is 0 Å². The van der Waals surface area contributed by atoms with Gasteiger partial charge in [-0.25, -0.2) is 0 Å². The molecule has 1 aromatic rings. The zero-order valence-corrected chi connectivity index (χ0v) is 14.7. The minimum atomic E-state index is -4.70. The first-order valence-corrected chi connectivity index (χ1v) is 8.97. The second-order valence-corrected chi connectivity index (χ2v) is 6.50. The Labute approximate surface area is 151 Å². The van der Waals surface area contributed by atoms with Gasteiger partial charge in [-0.1, -0.05) is 18.9 Å². The van der Waals surface area contributed by atoms with Crippen molar-refractivity contribution in [1.82, 2.24) is 5.32 Å². The number of benzene rings is 1. The largest absolute Gasteiger partial charge is 0.573 e. The fourth-order valence-electron chi connectivity index (χ4n) is 3.07. The molecule has 0 aromatic heterocycles. The fourth-order valence-corrected chi connectivity index (χ4v) is 3.07. The highest BCUT2D eigenvalue weighted by Gasteiger charge is 2.31. The molecule has 1 fully saturated rings. The van der Waals surface area contributed by atoms with Crippen LogP contribution in [-0.4, -0.2) is 37.9 Å². The van der Waals surface area contributed by atoms with Gasteiger partial charge in [0.25, 0.3) is 0 Å². The highest BCUT2D eigenvalue weighted by Crippen LogP contribution is 2.28.